The lowest BCUT2D eigenvalue weighted by Gasteiger charge is -2.44. The topological polar surface area (TPSA) is 22.1 Å². The highest BCUT2D eigenvalue weighted by Crippen LogP contribution is 2.63. The molecule has 0 saturated carbocycles. The van der Waals surface area contributed by atoms with Crippen LogP contribution in [0.4, 0.5) is 0 Å². The summed E-state index contributed by atoms with van der Waals surface area (Å²) >= 11 is 0. The van der Waals surface area contributed by atoms with Crippen molar-refractivity contribution in [3.8, 4) is 0 Å². The summed E-state index contributed by atoms with van der Waals surface area (Å²) in [4.78, 5) is 4.55. The number of pyridine rings is 1. The summed E-state index contributed by atoms with van der Waals surface area (Å²) in [5.74, 6) is 0. The van der Waals surface area contributed by atoms with E-state index in [0.717, 1.165) is 5.69 Å². The molecule has 0 bridgehead atoms. The molecule has 120 valence electrons. The van der Waals surface area contributed by atoms with E-state index in [1.165, 1.54) is 0 Å². The Morgan fingerprint density at radius 1 is 0.905 bits per heavy atom. The lowest BCUT2D eigenvalue weighted by molar-refractivity contribution is 0.0901. The van der Waals surface area contributed by atoms with Crippen LogP contribution in [0, 0.1) is 5.41 Å². The van der Waals surface area contributed by atoms with Crippen molar-refractivity contribution in [2.24, 2.45) is 5.41 Å². The first-order chi connectivity index (χ1) is 9.33. The molecule has 0 aliphatic carbocycles. The molecule has 0 fully saturated rings. The molecule has 0 unspecified atom stereocenters. The summed E-state index contributed by atoms with van der Waals surface area (Å²) in [6.45, 7) is 20.4. The van der Waals surface area contributed by atoms with Gasteiger partial charge in [-0.05, 0) is 17.5 Å². The van der Waals surface area contributed by atoms with Gasteiger partial charge in [-0.25, -0.2) is 0 Å². The second kappa shape index (κ2) is 6.34. The standard InChI is InChI=1S/C18H32NOP/c1-16(2,3)15(14-12-10-11-13-19-14)20-21(17(4,5)6)18(7,8)9/h10-13,15H,1-9H3/t15-/m1/s1. The van der Waals surface area contributed by atoms with Gasteiger partial charge in [0.1, 0.15) is 6.10 Å². The Labute approximate surface area is 132 Å². The molecule has 1 aromatic heterocycles. The van der Waals surface area contributed by atoms with Gasteiger partial charge in [0, 0.05) is 24.7 Å². The van der Waals surface area contributed by atoms with Crippen molar-refractivity contribution in [3.63, 3.8) is 0 Å². The molecule has 0 aromatic carbocycles. The average molecular weight is 309 g/mol. The van der Waals surface area contributed by atoms with E-state index in [1.807, 2.05) is 18.3 Å². The molecule has 0 aliphatic heterocycles. The van der Waals surface area contributed by atoms with Crippen LogP contribution >= 0.6 is 8.15 Å². The Hall–Kier alpha value is -0.460. The van der Waals surface area contributed by atoms with Crippen LogP contribution in [0.5, 0.6) is 0 Å². The van der Waals surface area contributed by atoms with Gasteiger partial charge in [0.25, 0.3) is 0 Å². The highest BCUT2D eigenvalue weighted by atomic mass is 31.1. The molecular weight excluding hydrogens is 277 g/mol. The summed E-state index contributed by atoms with van der Waals surface area (Å²) in [5, 5.41) is 0.289. The lowest BCUT2D eigenvalue weighted by atomic mass is 9.87. The van der Waals surface area contributed by atoms with Crippen molar-refractivity contribution in [2.75, 3.05) is 0 Å². The van der Waals surface area contributed by atoms with Gasteiger partial charge in [0.2, 0.25) is 0 Å². The maximum Gasteiger partial charge on any atom is 0.108 e. The van der Waals surface area contributed by atoms with Crippen molar-refractivity contribution in [1.29, 1.82) is 0 Å². The molecule has 3 heteroatoms. The Balaban J connectivity index is 3.17. The molecule has 1 rings (SSSR count). The highest BCUT2D eigenvalue weighted by Gasteiger charge is 2.41. The fourth-order valence-corrected chi connectivity index (χ4v) is 5.89. The van der Waals surface area contributed by atoms with E-state index < -0.39 is 8.15 Å². The summed E-state index contributed by atoms with van der Waals surface area (Å²) < 4.78 is 6.73. The fraction of sp³-hybridized carbons (Fsp3) is 0.722. The third-order valence-electron chi connectivity index (χ3n) is 3.17. The van der Waals surface area contributed by atoms with E-state index in [0.29, 0.717) is 0 Å². The molecule has 0 amide bonds. The number of hydrogen-bond acceptors (Lipinski definition) is 2. The first kappa shape index (κ1) is 18.6. The Kier molecular flexibility index (Phi) is 5.61. The van der Waals surface area contributed by atoms with E-state index in [1.54, 1.807) is 0 Å². The molecule has 21 heavy (non-hydrogen) atoms. The fourth-order valence-electron chi connectivity index (χ4n) is 2.61. The SMILES string of the molecule is CC(C)(C)[C@H](OP(C(C)(C)C)C(C)(C)C)c1ccccn1. The molecule has 0 spiro atoms. The number of rotatable bonds is 3. The summed E-state index contributed by atoms with van der Waals surface area (Å²) in [6.07, 6.45) is 1.87. The van der Waals surface area contributed by atoms with E-state index >= 15 is 0 Å². The second-order valence-electron chi connectivity index (χ2n) is 8.74. The van der Waals surface area contributed by atoms with E-state index in [9.17, 15) is 0 Å². The molecule has 0 saturated heterocycles. The smallest absolute Gasteiger partial charge is 0.108 e. The van der Waals surface area contributed by atoms with Gasteiger partial charge in [-0.3, -0.25) is 4.98 Å². The number of nitrogens with zero attached hydrogens (tertiary/aromatic N) is 1. The molecular formula is C18H32NOP. The van der Waals surface area contributed by atoms with Gasteiger partial charge in [-0.1, -0.05) is 68.4 Å². The Morgan fingerprint density at radius 2 is 1.43 bits per heavy atom. The predicted octanol–water partition coefficient (Wildman–Crippen LogP) is 6.18. The summed E-state index contributed by atoms with van der Waals surface area (Å²) in [5.41, 5.74) is 1.05. The van der Waals surface area contributed by atoms with E-state index in [-0.39, 0.29) is 21.8 Å². The van der Waals surface area contributed by atoms with Crippen LogP contribution < -0.4 is 0 Å². The highest BCUT2D eigenvalue weighted by molar-refractivity contribution is 7.55. The van der Waals surface area contributed by atoms with E-state index in [4.69, 9.17) is 4.52 Å². The largest absolute Gasteiger partial charge is 0.348 e. The monoisotopic (exact) mass is 309 g/mol. The maximum atomic E-state index is 6.73. The molecule has 0 aliphatic rings. The summed E-state index contributed by atoms with van der Waals surface area (Å²) in [6, 6.07) is 6.08. The van der Waals surface area contributed by atoms with Crippen LogP contribution in [0.25, 0.3) is 0 Å². The van der Waals surface area contributed by atoms with Gasteiger partial charge >= 0.3 is 0 Å². The average Bonchev–Trinajstić information content (AvgIpc) is 2.25. The minimum atomic E-state index is -0.610. The van der Waals surface area contributed by atoms with Crippen molar-refractivity contribution in [1.82, 2.24) is 4.98 Å². The third-order valence-corrected chi connectivity index (χ3v) is 6.03. The van der Waals surface area contributed by atoms with E-state index in [2.05, 4.69) is 73.4 Å². The molecule has 2 nitrogen and oxygen atoms in total. The Bertz CT molecular complexity index is 423. The minimum Gasteiger partial charge on any atom is -0.348 e. The van der Waals surface area contributed by atoms with Crippen molar-refractivity contribution in [3.05, 3.63) is 30.1 Å². The first-order valence-electron chi connectivity index (χ1n) is 7.71. The van der Waals surface area contributed by atoms with Gasteiger partial charge in [-0.15, -0.1) is 0 Å². The zero-order chi connectivity index (χ0) is 16.5. The first-order valence-corrected chi connectivity index (χ1v) is 8.97. The lowest BCUT2D eigenvalue weighted by Crippen LogP contribution is -2.30. The minimum absolute atomic E-state index is 0.0169. The van der Waals surface area contributed by atoms with Gasteiger partial charge in [0.05, 0.1) is 5.69 Å². The van der Waals surface area contributed by atoms with Crippen LogP contribution in [0.1, 0.15) is 74.1 Å². The van der Waals surface area contributed by atoms with Crippen LogP contribution in [-0.2, 0) is 4.52 Å². The summed E-state index contributed by atoms with van der Waals surface area (Å²) in [7, 11) is -0.610. The van der Waals surface area contributed by atoms with Gasteiger partial charge in [0.15, 0.2) is 0 Å². The van der Waals surface area contributed by atoms with Gasteiger partial charge < -0.3 is 4.52 Å². The quantitative estimate of drug-likeness (QED) is 0.622. The zero-order valence-corrected chi connectivity index (χ0v) is 16.1. The van der Waals surface area contributed by atoms with Crippen LogP contribution in [0.15, 0.2) is 24.4 Å². The predicted molar refractivity (Wildman–Crippen MR) is 93.9 cm³/mol. The molecule has 1 atom stereocenters. The second-order valence-corrected chi connectivity index (χ2v) is 12.2. The number of hydrogen-bond donors (Lipinski definition) is 0. The van der Waals surface area contributed by atoms with Crippen molar-refractivity contribution >= 4 is 8.15 Å². The molecule has 0 radical (unpaired) electrons. The Morgan fingerprint density at radius 3 is 1.76 bits per heavy atom. The van der Waals surface area contributed by atoms with Crippen molar-refractivity contribution < 1.29 is 4.52 Å². The number of aromatic nitrogens is 1. The van der Waals surface area contributed by atoms with Crippen LogP contribution in [0.3, 0.4) is 0 Å². The molecule has 0 N–H and O–H groups in total. The van der Waals surface area contributed by atoms with Gasteiger partial charge in [-0.2, -0.15) is 0 Å². The zero-order valence-electron chi connectivity index (χ0n) is 15.2. The molecule has 1 heterocycles. The maximum absolute atomic E-state index is 6.73. The van der Waals surface area contributed by atoms with Crippen LogP contribution in [-0.4, -0.2) is 15.3 Å². The normalized spacial score (nSPS) is 15.3. The van der Waals surface area contributed by atoms with Crippen molar-refractivity contribution in [2.45, 2.75) is 78.7 Å². The third kappa shape index (κ3) is 5.34. The molecule has 1 aromatic rings. The van der Waals surface area contributed by atoms with Crippen LogP contribution in [0.2, 0.25) is 0 Å².